The topological polar surface area (TPSA) is 64.8 Å². The van der Waals surface area contributed by atoms with Gasteiger partial charge in [-0.25, -0.2) is 8.42 Å². The summed E-state index contributed by atoms with van der Waals surface area (Å²) in [6.45, 7) is 5.77. The molecule has 18 heavy (non-hydrogen) atoms. The molecule has 0 amide bonds. The maximum Gasteiger partial charge on any atom is 0.296 e. The van der Waals surface area contributed by atoms with Crippen molar-refractivity contribution in [2.24, 2.45) is 5.92 Å². The summed E-state index contributed by atoms with van der Waals surface area (Å²) in [4.78, 5) is 0. The summed E-state index contributed by atoms with van der Waals surface area (Å²) < 4.78 is 24.7. The normalized spacial score (nSPS) is 17.8. The van der Waals surface area contributed by atoms with Crippen LogP contribution in [-0.2, 0) is 21.0 Å². The Balaban J connectivity index is 2.44. The average molecular weight is 292 g/mol. The molecule has 1 fully saturated rings. The van der Waals surface area contributed by atoms with Gasteiger partial charge in [-0.1, -0.05) is 19.3 Å². The van der Waals surface area contributed by atoms with Crippen molar-refractivity contribution >= 4 is 19.7 Å². The van der Waals surface area contributed by atoms with Crippen LogP contribution >= 0.6 is 10.7 Å². The average Bonchev–Trinajstić information content (AvgIpc) is 2.52. The number of hydrogen-bond donors (Lipinski definition) is 0. The SMILES string of the molecule is CC(C)(C)n1c(CC2CCC2)nnc1S(=O)(=O)Cl. The lowest BCUT2D eigenvalue weighted by molar-refractivity contribution is 0.287. The highest BCUT2D eigenvalue weighted by Crippen LogP contribution is 2.31. The molecule has 1 aromatic heterocycles. The first-order valence-electron chi connectivity index (χ1n) is 6.09. The Hall–Kier alpha value is -0.620. The molecule has 0 N–H and O–H groups in total. The van der Waals surface area contributed by atoms with Crippen LogP contribution in [0.5, 0.6) is 0 Å². The third-order valence-electron chi connectivity index (χ3n) is 3.29. The van der Waals surface area contributed by atoms with Crippen molar-refractivity contribution in [2.75, 3.05) is 0 Å². The van der Waals surface area contributed by atoms with Gasteiger partial charge in [-0.05, 0) is 26.7 Å². The molecule has 1 aliphatic carbocycles. The van der Waals surface area contributed by atoms with E-state index in [0.29, 0.717) is 11.7 Å². The minimum atomic E-state index is -3.86. The monoisotopic (exact) mass is 291 g/mol. The van der Waals surface area contributed by atoms with Crippen LogP contribution in [0, 0.1) is 5.92 Å². The maximum absolute atomic E-state index is 11.5. The Labute approximate surface area is 112 Å². The highest BCUT2D eigenvalue weighted by atomic mass is 35.7. The Morgan fingerprint density at radius 1 is 1.33 bits per heavy atom. The lowest BCUT2D eigenvalue weighted by atomic mass is 9.83. The molecule has 5 nitrogen and oxygen atoms in total. The van der Waals surface area contributed by atoms with Crippen LogP contribution in [0.1, 0.15) is 45.9 Å². The first-order valence-corrected chi connectivity index (χ1v) is 8.40. The third-order valence-corrected chi connectivity index (χ3v) is 4.40. The quantitative estimate of drug-likeness (QED) is 0.802. The fourth-order valence-corrected chi connectivity index (χ4v) is 3.25. The molecule has 0 bridgehead atoms. The number of nitrogens with zero attached hydrogens (tertiary/aromatic N) is 3. The van der Waals surface area contributed by atoms with Gasteiger partial charge in [0.05, 0.1) is 0 Å². The minimum Gasteiger partial charge on any atom is -0.295 e. The molecule has 1 aromatic rings. The van der Waals surface area contributed by atoms with Crippen LogP contribution in [-0.4, -0.2) is 23.2 Å². The van der Waals surface area contributed by atoms with E-state index in [1.165, 1.54) is 19.3 Å². The molecule has 102 valence electrons. The van der Waals surface area contributed by atoms with E-state index in [2.05, 4.69) is 10.2 Å². The molecular formula is C11H18ClN3O2S. The van der Waals surface area contributed by atoms with E-state index in [9.17, 15) is 8.42 Å². The second kappa shape index (κ2) is 4.49. The van der Waals surface area contributed by atoms with Crippen molar-refractivity contribution in [3.05, 3.63) is 5.82 Å². The van der Waals surface area contributed by atoms with Crippen molar-refractivity contribution in [1.29, 1.82) is 0 Å². The summed E-state index contributed by atoms with van der Waals surface area (Å²) in [6, 6.07) is 0. The molecule has 1 saturated carbocycles. The van der Waals surface area contributed by atoms with E-state index in [-0.39, 0.29) is 5.16 Å². The van der Waals surface area contributed by atoms with E-state index in [4.69, 9.17) is 10.7 Å². The molecule has 7 heteroatoms. The smallest absolute Gasteiger partial charge is 0.295 e. The molecule has 0 saturated heterocycles. The van der Waals surface area contributed by atoms with Crippen LogP contribution in [0.3, 0.4) is 0 Å². The van der Waals surface area contributed by atoms with Crippen molar-refractivity contribution in [3.8, 4) is 0 Å². The summed E-state index contributed by atoms with van der Waals surface area (Å²) in [5.74, 6) is 1.31. The van der Waals surface area contributed by atoms with Crippen LogP contribution < -0.4 is 0 Å². The Morgan fingerprint density at radius 2 is 1.94 bits per heavy atom. The zero-order chi connectivity index (χ0) is 13.6. The molecule has 0 aliphatic heterocycles. The Morgan fingerprint density at radius 3 is 2.33 bits per heavy atom. The molecular weight excluding hydrogens is 274 g/mol. The van der Waals surface area contributed by atoms with Crippen LogP contribution in [0.15, 0.2) is 5.16 Å². The second-order valence-corrected chi connectivity index (χ2v) is 8.30. The van der Waals surface area contributed by atoms with Gasteiger partial charge in [-0.3, -0.25) is 4.57 Å². The predicted octanol–water partition coefficient (Wildman–Crippen LogP) is 2.30. The van der Waals surface area contributed by atoms with E-state index in [0.717, 1.165) is 6.42 Å². The lowest BCUT2D eigenvalue weighted by Gasteiger charge is -2.28. The Kier molecular flexibility index (Phi) is 3.44. The minimum absolute atomic E-state index is 0.147. The number of rotatable bonds is 3. The van der Waals surface area contributed by atoms with Gasteiger partial charge in [-0.2, -0.15) is 0 Å². The van der Waals surface area contributed by atoms with E-state index in [1.54, 1.807) is 4.57 Å². The van der Waals surface area contributed by atoms with Crippen molar-refractivity contribution in [2.45, 2.75) is 57.1 Å². The molecule has 0 spiro atoms. The van der Waals surface area contributed by atoms with Crippen LogP contribution in [0.4, 0.5) is 0 Å². The van der Waals surface area contributed by atoms with Gasteiger partial charge < -0.3 is 0 Å². The van der Waals surface area contributed by atoms with Gasteiger partial charge in [0.15, 0.2) is 0 Å². The van der Waals surface area contributed by atoms with E-state index in [1.807, 2.05) is 20.8 Å². The molecule has 0 unspecified atom stereocenters. The third kappa shape index (κ3) is 2.69. The van der Waals surface area contributed by atoms with Gasteiger partial charge in [0, 0.05) is 22.6 Å². The lowest BCUT2D eigenvalue weighted by Crippen LogP contribution is -2.28. The molecule has 0 aromatic carbocycles. The zero-order valence-electron chi connectivity index (χ0n) is 10.9. The molecule has 0 atom stereocenters. The first kappa shape index (κ1) is 13.8. The van der Waals surface area contributed by atoms with Gasteiger partial charge >= 0.3 is 0 Å². The summed E-state index contributed by atoms with van der Waals surface area (Å²) in [5.41, 5.74) is -0.403. The molecule has 0 radical (unpaired) electrons. The maximum atomic E-state index is 11.5. The molecule has 1 heterocycles. The van der Waals surface area contributed by atoms with Crippen molar-refractivity contribution in [1.82, 2.24) is 14.8 Å². The summed E-state index contributed by atoms with van der Waals surface area (Å²) in [6.07, 6.45) is 4.38. The standard InChI is InChI=1S/C11H18ClN3O2S/c1-11(2,3)15-9(7-8-5-4-6-8)13-14-10(15)18(12,16)17/h8H,4-7H2,1-3H3. The first-order chi connectivity index (χ1) is 8.19. The van der Waals surface area contributed by atoms with E-state index < -0.39 is 14.6 Å². The summed E-state index contributed by atoms with van der Waals surface area (Å²) in [5, 5.41) is 7.63. The number of aromatic nitrogens is 3. The number of hydrogen-bond acceptors (Lipinski definition) is 4. The van der Waals surface area contributed by atoms with Gasteiger partial charge in [-0.15, -0.1) is 10.2 Å². The Bertz CT molecular complexity index is 541. The largest absolute Gasteiger partial charge is 0.296 e. The second-order valence-electron chi connectivity index (χ2n) is 5.84. The molecule has 1 aliphatic rings. The van der Waals surface area contributed by atoms with Crippen molar-refractivity contribution < 1.29 is 8.42 Å². The zero-order valence-corrected chi connectivity index (χ0v) is 12.4. The van der Waals surface area contributed by atoms with Gasteiger partial charge in [0.25, 0.3) is 14.2 Å². The summed E-state index contributed by atoms with van der Waals surface area (Å²) >= 11 is 0. The predicted molar refractivity (Wildman–Crippen MR) is 69.1 cm³/mol. The molecule has 2 rings (SSSR count). The number of halogens is 1. The highest BCUT2D eigenvalue weighted by molar-refractivity contribution is 8.13. The van der Waals surface area contributed by atoms with Gasteiger partial charge in [0.1, 0.15) is 5.82 Å². The summed E-state index contributed by atoms with van der Waals surface area (Å²) in [7, 11) is 1.56. The van der Waals surface area contributed by atoms with Gasteiger partial charge in [0.2, 0.25) is 0 Å². The van der Waals surface area contributed by atoms with Crippen LogP contribution in [0.25, 0.3) is 0 Å². The van der Waals surface area contributed by atoms with E-state index >= 15 is 0 Å². The fraction of sp³-hybridized carbons (Fsp3) is 0.818. The highest BCUT2D eigenvalue weighted by Gasteiger charge is 2.31. The fourth-order valence-electron chi connectivity index (χ4n) is 2.22. The van der Waals surface area contributed by atoms with Crippen molar-refractivity contribution in [3.63, 3.8) is 0 Å². The van der Waals surface area contributed by atoms with Crippen LogP contribution in [0.2, 0.25) is 0 Å².